The highest BCUT2D eigenvalue weighted by Crippen LogP contribution is 2.25. The van der Waals surface area contributed by atoms with E-state index in [1.165, 1.54) is 11.3 Å². The van der Waals surface area contributed by atoms with Gasteiger partial charge in [0.1, 0.15) is 11.4 Å². The van der Waals surface area contributed by atoms with Crippen LogP contribution in [0.4, 0.5) is 0 Å². The second-order valence-electron chi connectivity index (χ2n) is 4.21. The molecule has 0 spiro atoms. The van der Waals surface area contributed by atoms with Crippen molar-refractivity contribution < 1.29 is 9.53 Å². The first-order valence-electron chi connectivity index (χ1n) is 6.06. The van der Waals surface area contributed by atoms with Crippen molar-refractivity contribution in [1.29, 1.82) is 0 Å². The molecule has 1 amide bonds. The van der Waals surface area contributed by atoms with Crippen LogP contribution >= 0.6 is 11.3 Å². The van der Waals surface area contributed by atoms with Gasteiger partial charge in [0, 0.05) is 24.2 Å². The summed E-state index contributed by atoms with van der Waals surface area (Å²) in [4.78, 5) is 17.1. The number of amides is 1. The van der Waals surface area contributed by atoms with Crippen molar-refractivity contribution in [2.45, 2.75) is 0 Å². The average molecular weight is 287 g/mol. The fourth-order valence-corrected chi connectivity index (χ4v) is 2.83. The van der Waals surface area contributed by atoms with E-state index >= 15 is 0 Å². The van der Waals surface area contributed by atoms with Crippen LogP contribution in [0.5, 0.6) is 5.75 Å². The van der Waals surface area contributed by atoms with Gasteiger partial charge in [0.05, 0.1) is 12.8 Å². The van der Waals surface area contributed by atoms with Gasteiger partial charge in [-0.2, -0.15) is 0 Å². The van der Waals surface area contributed by atoms with Gasteiger partial charge in [-0.05, 0) is 24.3 Å². The zero-order valence-electron chi connectivity index (χ0n) is 11.1. The topological polar surface area (TPSA) is 55.6 Å². The minimum Gasteiger partial charge on any atom is -0.497 e. The van der Waals surface area contributed by atoms with Crippen LogP contribution in [0.25, 0.3) is 16.2 Å². The van der Waals surface area contributed by atoms with E-state index in [2.05, 4.69) is 10.3 Å². The molecule has 0 aliphatic carbocycles. The minimum absolute atomic E-state index is 0.116. The fraction of sp³-hybridized carbons (Fsp3) is 0.143. The van der Waals surface area contributed by atoms with Gasteiger partial charge in [-0.15, -0.1) is 11.3 Å². The number of benzene rings is 1. The van der Waals surface area contributed by atoms with Crippen molar-refractivity contribution in [2.24, 2.45) is 0 Å². The molecule has 20 heavy (non-hydrogen) atoms. The molecule has 5 nitrogen and oxygen atoms in total. The lowest BCUT2D eigenvalue weighted by Gasteiger charge is -2.00. The van der Waals surface area contributed by atoms with E-state index in [1.54, 1.807) is 19.5 Å². The molecule has 0 saturated heterocycles. The molecule has 0 fully saturated rings. The summed E-state index contributed by atoms with van der Waals surface area (Å²) in [7, 11) is 3.25. The molecule has 0 aliphatic heterocycles. The van der Waals surface area contributed by atoms with Gasteiger partial charge in [-0.1, -0.05) is 0 Å². The Kier molecular flexibility index (Phi) is 3.15. The Balaban J connectivity index is 2.04. The number of carbonyl (C=O) groups excluding carboxylic acids is 1. The Morgan fingerprint density at radius 3 is 2.75 bits per heavy atom. The van der Waals surface area contributed by atoms with Crippen LogP contribution in [-0.4, -0.2) is 29.4 Å². The third-order valence-corrected chi connectivity index (χ3v) is 3.89. The van der Waals surface area contributed by atoms with E-state index in [0.29, 0.717) is 5.69 Å². The summed E-state index contributed by atoms with van der Waals surface area (Å²) in [6, 6.07) is 7.68. The zero-order chi connectivity index (χ0) is 14.1. The van der Waals surface area contributed by atoms with E-state index < -0.39 is 0 Å². The predicted octanol–water partition coefficient (Wildman–Crippen LogP) is 2.43. The molecule has 0 aliphatic rings. The maximum Gasteiger partial charge on any atom is 0.268 e. The summed E-state index contributed by atoms with van der Waals surface area (Å²) in [5, 5.41) is 4.43. The Hall–Kier alpha value is -2.34. The van der Waals surface area contributed by atoms with Crippen molar-refractivity contribution in [3.63, 3.8) is 0 Å². The Bertz CT molecular complexity index is 758. The molecular formula is C14H13N3O2S. The largest absolute Gasteiger partial charge is 0.497 e. The number of fused-ring (bicyclic) bond motifs is 1. The van der Waals surface area contributed by atoms with E-state index in [9.17, 15) is 4.79 Å². The first-order valence-corrected chi connectivity index (χ1v) is 6.94. The van der Waals surface area contributed by atoms with Gasteiger partial charge in [0.25, 0.3) is 5.91 Å². The molecule has 3 rings (SSSR count). The maximum absolute atomic E-state index is 11.7. The number of hydrogen-bond acceptors (Lipinski definition) is 4. The monoisotopic (exact) mass is 287 g/mol. The van der Waals surface area contributed by atoms with E-state index in [4.69, 9.17) is 4.74 Å². The second-order valence-corrected chi connectivity index (χ2v) is 5.04. The summed E-state index contributed by atoms with van der Waals surface area (Å²) < 4.78 is 6.95. The smallest absolute Gasteiger partial charge is 0.268 e. The molecule has 102 valence electrons. The number of nitrogens with one attached hydrogen (secondary N) is 1. The SMILES string of the molecule is CNC(=O)c1csc2nc(-c3ccc(OC)cc3)cn12. The highest BCUT2D eigenvalue weighted by Gasteiger charge is 2.13. The Labute approximate surface area is 119 Å². The van der Waals surface area contributed by atoms with Crippen LogP contribution < -0.4 is 10.1 Å². The molecule has 0 unspecified atom stereocenters. The van der Waals surface area contributed by atoms with Gasteiger partial charge >= 0.3 is 0 Å². The lowest BCUT2D eigenvalue weighted by Crippen LogP contribution is -2.19. The highest BCUT2D eigenvalue weighted by molar-refractivity contribution is 7.15. The number of carbonyl (C=O) groups is 1. The summed E-state index contributed by atoms with van der Waals surface area (Å²) in [5.41, 5.74) is 2.42. The van der Waals surface area contributed by atoms with Crippen molar-refractivity contribution in [2.75, 3.05) is 14.2 Å². The molecule has 0 atom stereocenters. The van der Waals surface area contributed by atoms with E-state index in [-0.39, 0.29) is 5.91 Å². The van der Waals surface area contributed by atoms with E-state index in [0.717, 1.165) is 22.0 Å². The number of methoxy groups -OCH3 is 1. The molecule has 2 heterocycles. The minimum atomic E-state index is -0.116. The van der Waals surface area contributed by atoms with Crippen LogP contribution in [0.15, 0.2) is 35.8 Å². The lowest BCUT2D eigenvalue weighted by atomic mass is 10.2. The summed E-state index contributed by atoms with van der Waals surface area (Å²) in [5.74, 6) is 0.691. The molecule has 6 heteroatoms. The molecule has 1 N–H and O–H groups in total. The van der Waals surface area contributed by atoms with Gasteiger partial charge in [0.15, 0.2) is 4.96 Å². The molecule has 1 aromatic carbocycles. The Morgan fingerprint density at radius 2 is 2.10 bits per heavy atom. The van der Waals surface area contributed by atoms with Crippen LogP contribution in [0, 0.1) is 0 Å². The number of hydrogen-bond donors (Lipinski definition) is 1. The van der Waals surface area contributed by atoms with Gasteiger partial charge in [0.2, 0.25) is 0 Å². The van der Waals surface area contributed by atoms with Gasteiger partial charge < -0.3 is 10.1 Å². The second kappa shape index (κ2) is 4.97. The lowest BCUT2D eigenvalue weighted by molar-refractivity contribution is 0.0957. The highest BCUT2D eigenvalue weighted by atomic mass is 32.1. The van der Waals surface area contributed by atoms with Crippen LogP contribution in [0.2, 0.25) is 0 Å². The maximum atomic E-state index is 11.7. The van der Waals surface area contributed by atoms with Crippen molar-refractivity contribution in [3.05, 3.63) is 41.5 Å². The summed E-state index contributed by atoms with van der Waals surface area (Å²) in [6.45, 7) is 0. The first kappa shape index (κ1) is 12.7. The van der Waals surface area contributed by atoms with Crippen molar-refractivity contribution in [1.82, 2.24) is 14.7 Å². The van der Waals surface area contributed by atoms with Crippen molar-refractivity contribution in [3.8, 4) is 17.0 Å². The number of nitrogens with zero attached hydrogens (tertiary/aromatic N) is 2. The van der Waals surface area contributed by atoms with Gasteiger partial charge in [-0.25, -0.2) is 4.98 Å². The summed E-state index contributed by atoms with van der Waals surface area (Å²) >= 11 is 1.45. The number of ether oxygens (including phenoxy) is 1. The third-order valence-electron chi connectivity index (χ3n) is 3.05. The molecule has 0 bridgehead atoms. The zero-order valence-corrected chi connectivity index (χ0v) is 11.9. The van der Waals surface area contributed by atoms with Crippen molar-refractivity contribution >= 4 is 22.2 Å². The third kappa shape index (κ3) is 2.04. The van der Waals surface area contributed by atoms with Gasteiger partial charge in [-0.3, -0.25) is 9.20 Å². The predicted molar refractivity (Wildman–Crippen MR) is 78.4 cm³/mol. The van der Waals surface area contributed by atoms with Crippen LogP contribution in [-0.2, 0) is 0 Å². The number of aromatic nitrogens is 2. The number of thiazole rings is 1. The first-order chi connectivity index (χ1) is 9.72. The quantitative estimate of drug-likeness (QED) is 0.805. The molecule has 0 saturated carbocycles. The molecule has 0 radical (unpaired) electrons. The molecular weight excluding hydrogens is 274 g/mol. The summed E-state index contributed by atoms with van der Waals surface area (Å²) in [6.07, 6.45) is 1.87. The van der Waals surface area contributed by atoms with Crippen LogP contribution in [0.1, 0.15) is 10.5 Å². The number of rotatable bonds is 3. The standard InChI is InChI=1S/C14H13N3O2S/c1-15-13(18)12-8-20-14-16-11(7-17(12)14)9-3-5-10(19-2)6-4-9/h3-8H,1-2H3,(H,15,18). The fourth-order valence-electron chi connectivity index (χ4n) is 1.98. The van der Waals surface area contributed by atoms with E-state index in [1.807, 2.05) is 34.9 Å². The normalized spacial score (nSPS) is 10.7. The molecule has 3 aromatic rings. The Morgan fingerprint density at radius 1 is 1.35 bits per heavy atom. The van der Waals surface area contributed by atoms with Crippen LogP contribution in [0.3, 0.4) is 0 Å². The average Bonchev–Trinajstić information content (AvgIpc) is 3.06. The number of imidazole rings is 1. The molecule has 2 aromatic heterocycles.